The summed E-state index contributed by atoms with van der Waals surface area (Å²) in [6, 6.07) is 8.91. The predicted molar refractivity (Wildman–Crippen MR) is 82.5 cm³/mol. The summed E-state index contributed by atoms with van der Waals surface area (Å²) in [6.45, 7) is 5.14. The molecule has 1 saturated carbocycles. The quantitative estimate of drug-likeness (QED) is 0.905. The smallest absolute Gasteiger partial charge is 0.0660 e. The fourth-order valence-corrected chi connectivity index (χ4v) is 2.40. The van der Waals surface area contributed by atoms with E-state index in [1.54, 1.807) is 0 Å². The van der Waals surface area contributed by atoms with Crippen molar-refractivity contribution in [2.75, 3.05) is 0 Å². The van der Waals surface area contributed by atoms with Crippen molar-refractivity contribution in [3.8, 4) is 5.69 Å². The van der Waals surface area contributed by atoms with Crippen LogP contribution in [0.15, 0.2) is 30.5 Å². The van der Waals surface area contributed by atoms with Crippen LogP contribution in [0.4, 0.5) is 0 Å². The minimum Gasteiger partial charge on any atom is -0.310 e. The molecule has 0 radical (unpaired) electrons. The molecule has 3 nitrogen and oxygen atoms in total. The lowest BCUT2D eigenvalue weighted by Gasteiger charge is -2.08. The Hall–Kier alpha value is -1.32. The monoisotopic (exact) mass is 289 g/mol. The van der Waals surface area contributed by atoms with Crippen molar-refractivity contribution in [3.05, 3.63) is 46.7 Å². The van der Waals surface area contributed by atoms with Crippen LogP contribution in [-0.4, -0.2) is 15.8 Å². The Morgan fingerprint density at radius 3 is 2.75 bits per heavy atom. The van der Waals surface area contributed by atoms with Crippen LogP contribution in [0.3, 0.4) is 0 Å². The van der Waals surface area contributed by atoms with Crippen LogP contribution in [0.25, 0.3) is 5.69 Å². The highest BCUT2D eigenvalue weighted by Crippen LogP contribution is 2.23. The molecule has 1 aromatic heterocycles. The summed E-state index contributed by atoms with van der Waals surface area (Å²) in [5.41, 5.74) is 3.26. The topological polar surface area (TPSA) is 29.9 Å². The van der Waals surface area contributed by atoms with E-state index in [4.69, 9.17) is 11.6 Å². The average molecular weight is 290 g/mol. The highest BCUT2D eigenvalue weighted by Gasteiger charge is 2.20. The van der Waals surface area contributed by atoms with Gasteiger partial charge in [0, 0.05) is 23.8 Å². The zero-order chi connectivity index (χ0) is 14.1. The van der Waals surface area contributed by atoms with E-state index in [1.807, 2.05) is 16.9 Å². The molecular formula is C16H20ClN3. The molecule has 0 atom stereocenters. The minimum absolute atomic E-state index is 0.439. The third-order valence-electron chi connectivity index (χ3n) is 3.66. The van der Waals surface area contributed by atoms with Crippen molar-refractivity contribution in [2.24, 2.45) is 0 Å². The second-order valence-corrected chi connectivity index (χ2v) is 6.18. The van der Waals surface area contributed by atoms with Gasteiger partial charge < -0.3 is 5.32 Å². The van der Waals surface area contributed by atoms with Crippen molar-refractivity contribution in [1.29, 1.82) is 0 Å². The molecule has 0 spiro atoms. The molecule has 1 aliphatic carbocycles. The Bertz CT molecular complexity index is 600. The van der Waals surface area contributed by atoms with E-state index in [9.17, 15) is 0 Å². The van der Waals surface area contributed by atoms with E-state index in [2.05, 4.69) is 42.5 Å². The van der Waals surface area contributed by atoms with Gasteiger partial charge in [-0.2, -0.15) is 5.10 Å². The summed E-state index contributed by atoms with van der Waals surface area (Å²) >= 11 is 6.37. The van der Waals surface area contributed by atoms with Gasteiger partial charge >= 0.3 is 0 Å². The van der Waals surface area contributed by atoms with E-state index in [-0.39, 0.29) is 0 Å². The van der Waals surface area contributed by atoms with Gasteiger partial charge in [-0.3, -0.25) is 0 Å². The van der Waals surface area contributed by atoms with E-state index >= 15 is 0 Å². The first-order valence-corrected chi connectivity index (χ1v) is 7.59. The first-order chi connectivity index (χ1) is 9.63. The lowest BCUT2D eigenvalue weighted by molar-refractivity contribution is 0.687. The molecule has 20 heavy (non-hydrogen) atoms. The van der Waals surface area contributed by atoms with E-state index in [0.717, 1.165) is 28.5 Å². The van der Waals surface area contributed by atoms with Gasteiger partial charge in [-0.25, -0.2) is 4.68 Å². The molecule has 106 valence electrons. The maximum Gasteiger partial charge on any atom is 0.0660 e. The van der Waals surface area contributed by atoms with E-state index in [1.165, 1.54) is 12.8 Å². The summed E-state index contributed by atoms with van der Waals surface area (Å²) in [4.78, 5) is 0. The lowest BCUT2D eigenvalue weighted by atomic mass is 10.1. The van der Waals surface area contributed by atoms with Gasteiger partial charge in [0.05, 0.1) is 11.4 Å². The molecule has 2 aromatic rings. The summed E-state index contributed by atoms with van der Waals surface area (Å²) < 4.78 is 1.89. The summed E-state index contributed by atoms with van der Waals surface area (Å²) in [7, 11) is 0. The van der Waals surface area contributed by atoms with Gasteiger partial charge in [-0.1, -0.05) is 31.5 Å². The fraction of sp³-hybridized carbons (Fsp3) is 0.438. The zero-order valence-electron chi connectivity index (χ0n) is 11.9. The SMILES string of the molecule is CC(C)c1ccn(-c2ccc(CNC3CC3)c(Cl)c2)n1. The van der Waals surface area contributed by atoms with Crippen LogP contribution in [-0.2, 0) is 6.54 Å². The molecule has 0 aliphatic heterocycles. The van der Waals surface area contributed by atoms with Gasteiger partial charge in [0.25, 0.3) is 0 Å². The Labute approximate surface area is 124 Å². The van der Waals surface area contributed by atoms with Gasteiger partial charge in [0.2, 0.25) is 0 Å². The van der Waals surface area contributed by atoms with E-state index in [0.29, 0.717) is 12.0 Å². The Morgan fingerprint density at radius 2 is 2.15 bits per heavy atom. The maximum atomic E-state index is 6.37. The molecular weight excluding hydrogens is 270 g/mol. The molecule has 0 saturated heterocycles. The zero-order valence-corrected chi connectivity index (χ0v) is 12.7. The molecule has 1 aromatic carbocycles. The number of nitrogens with one attached hydrogen (secondary N) is 1. The second kappa shape index (κ2) is 5.58. The molecule has 1 fully saturated rings. The maximum absolute atomic E-state index is 6.37. The number of halogens is 1. The first-order valence-electron chi connectivity index (χ1n) is 7.21. The van der Waals surface area contributed by atoms with Crippen LogP contribution in [0, 0.1) is 0 Å². The number of rotatable bonds is 5. The molecule has 1 N–H and O–H groups in total. The standard InChI is InChI=1S/C16H20ClN3/c1-11(2)16-7-8-20(19-16)14-6-3-12(15(17)9-14)10-18-13-4-5-13/h3,6-9,11,13,18H,4-5,10H2,1-2H3. The molecule has 3 rings (SSSR count). The number of hydrogen-bond acceptors (Lipinski definition) is 2. The van der Waals surface area contributed by atoms with Crippen LogP contribution >= 0.6 is 11.6 Å². The number of aromatic nitrogens is 2. The van der Waals surface area contributed by atoms with E-state index < -0.39 is 0 Å². The fourth-order valence-electron chi connectivity index (χ4n) is 2.15. The first kappa shape index (κ1) is 13.7. The molecule has 1 heterocycles. The molecule has 0 unspecified atom stereocenters. The number of benzene rings is 1. The normalized spacial score (nSPS) is 15.0. The third-order valence-corrected chi connectivity index (χ3v) is 4.01. The van der Waals surface area contributed by atoms with Crippen molar-refractivity contribution < 1.29 is 0 Å². The minimum atomic E-state index is 0.439. The van der Waals surface area contributed by atoms with Crippen molar-refractivity contribution in [2.45, 2.75) is 45.2 Å². The Balaban J connectivity index is 1.77. The highest BCUT2D eigenvalue weighted by molar-refractivity contribution is 6.31. The van der Waals surface area contributed by atoms with Crippen molar-refractivity contribution in [1.82, 2.24) is 15.1 Å². The Kier molecular flexibility index (Phi) is 3.81. The summed E-state index contributed by atoms with van der Waals surface area (Å²) in [6.07, 6.45) is 4.57. The molecule has 4 heteroatoms. The molecule has 0 amide bonds. The van der Waals surface area contributed by atoms with Gasteiger partial charge in [-0.15, -0.1) is 0 Å². The highest BCUT2D eigenvalue weighted by atomic mass is 35.5. The summed E-state index contributed by atoms with van der Waals surface area (Å²) in [5, 5.41) is 8.87. The van der Waals surface area contributed by atoms with Crippen LogP contribution < -0.4 is 5.32 Å². The van der Waals surface area contributed by atoms with Crippen LogP contribution in [0.2, 0.25) is 5.02 Å². The van der Waals surface area contributed by atoms with Gasteiger partial charge in [-0.05, 0) is 42.5 Å². The predicted octanol–water partition coefficient (Wildman–Crippen LogP) is 3.90. The van der Waals surface area contributed by atoms with Crippen LogP contribution in [0.1, 0.15) is 43.9 Å². The Morgan fingerprint density at radius 1 is 1.35 bits per heavy atom. The van der Waals surface area contributed by atoms with Crippen molar-refractivity contribution in [3.63, 3.8) is 0 Å². The van der Waals surface area contributed by atoms with Crippen LogP contribution in [0.5, 0.6) is 0 Å². The average Bonchev–Trinajstić information content (AvgIpc) is 3.11. The largest absolute Gasteiger partial charge is 0.310 e. The number of hydrogen-bond donors (Lipinski definition) is 1. The third kappa shape index (κ3) is 3.05. The second-order valence-electron chi connectivity index (χ2n) is 5.77. The molecule has 1 aliphatic rings. The number of nitrogens with zero attached hydrogens (tertiary/aromatic N) is 2. The lowest BCUT2D eigenvalue weighted by Crippen LogP contribution is -2.15. The van der Waals surface area contributed by atoms with Gasteiger partial charge in [0.15, 0.2) is 0 Å². The molecule has 0 bridgehead atoms. The van der Waals surface area contributed by atoms with Crippen molar-refractivity contribution >= 4 is 11.6 Å². The van der Waals surface area contributed by atoms with Gasteiger partial charge in [0.1, 0.15) is 0 Å². The summed E-state index contributed by atoms with van der Waals surface area (Å²) in [5.74, 6) is 0.439.